The van der Waals surface area contributed by atoms with E-state index < -0.39 is 17.6 Å². The number of azide groups is 1. The van der Waals surface area contributed by atoms with Gasteiger partial charge >= 0.3 is 0 Å². The zero-order valence-corrected chi connectivity index (χ0v) is 28.8. The number of ether oxygens (including phenoxy) is 5. The van der Waals surface area contributed by atoms with E-state index in [0.29, 0.717) is 64.0 Å². The van der Waals surface area contributed by atoms with E-state index in [1.165, 1.54) is 21.3 Å². The zero-order chi connectivity index (χ0) is 34.8. The summed E-state index contributed by atoms with van der Waals surface area (Å²) in [6.45, 7) is 0.506. The van der Waals surface area contributed by atoms with Crippen LogP contribution in [0.5, 0.6) is 23.0 Å². The number of hydrogen-bond acceptors (Lipinski definition) is 9. The summed E-state index contributed by atoms with van der Waals surface area (Å²) in [7, 11) is 4.57. The molecule has 0 spiro atoms. The van der Waals surface area contributed by atoms with Gasteiger partial charge in [0.1, 0.15) is 5.75 Å². The van der Waals surface area contributed by atoms with Crippen molar-refractivity contribution in [3.8, 4) is 23.0 Å². The highest BCUT2D eigenvalue weighted by molar-refractivity contribution is 9.10. The number of carbonyl (C=O) groups is 1. The Morgan fingerprint density at radius 3 is 2.37 bits per heavy atom. The molecule has 0 radical (unpaired) electrons. The van der Waals surface area contributed by atoms with Crippen LogP contribution in [-0.4, -0.2) is 57.0 Å². The first-order valence-electron chi connectivity index (χ1n) is 15.4. The zero-order valence-electron chi connectivity index (χ0n) is 27.3. The molecule has 254 valence electrons. The maximum Gasteiger partial charge on any atom is 0.252 e. The molecule has 4 aromatic rings. The summed E-state index contributed by atoms with van der Waals surface area (Å²) in [4.78, 5) is 22.9. The van der Waals surface area contributed by atoms with E-state index >= 15 is 0 Å². The van der Waals surface area contributed by atoms with Crippen molar-refractivity contribution >= 4 is 33.4 Å². The van der Waals surface area contributed by atoms with Crippen LogP contribution in [-0.2, 0) is 22.5 Å². The van der Waals surface area contributed by atoms with Crippen LogP contribution in [0.15, 0.2) is 99.5 Å². The van der Waals surface area contributed by atoms with Gasteiger partial charge < -0.3 is 34.1 Å². The van der Waals surface area contributed by atoms with Crippen LogP contribution >= 0.6 is 15.9 Å². The van der Waals surface area contributed by atoms with E-state index in [4.69, 9.17) is 33.8 Å². The number of nitrogens with one attached hydrogen (secondary N) is 1. The first kappa shape index (κ1) is 35.1. The predicted octanol–water partition coefficient (Wildman–Crippen LogP) is 6.99. The summed E-state index contributed by atoms with van der Waals surface area (Å²) < 4.78 is 29.6. The van der Waals surface area contributed by atoms with Crippen molar-refractivity contribution in [1.29, 1.82) is 0 Å². The number of aliphatic hydroxyl groups excluding tert-OH is 1. The number of rotatable bonds is 15. The Balaban J connectivity index is 1.61. The van der Waals surface area contributed by atoms with Crippen LogP contribution in [0.4, 0.5) is 5.69 Å². The SMILES string of the molecule is COc1cc(CNC(=O)[C@]2(Cc3ccccc3N=[N+]=[N-])N=C(c3ccc(OCCCO)cc3)O[C@@H]2c2ccccc2Br)cc(OC)c1OC. The van der Waals surface area contributed by atoms with Gasteiger partial charge in [-0.15, -0.1) is 0 Å². The standard InChI is InChI=1S/C36H36BrN5O7/c1-45-30-19-23(20-31(46-2)32(30)47-3)22-39-35(44)36(21-25-9-4-7-12-29(25)41-42-38)33(27-10-5-6-11-28(27)37)49-34(40-36)24-13-15-26(16-14-24)48-18-8-17-43/h4-7,9-16,19-20,33,43H,8,17-18,21-22H2,1-3H3,(H,39,44)/t33-,36-/m1/s1. The molecule has 49 heavy (non-hydrogen) atoms. The molecule has 0 saturated heterocycles. The van der Waals surface area contributed by atoms with Gasteiger partial charge in [0.05, 0.1) is 27.9 Å². The molecule has 0 fully saturated rings. The van der Waals surface area contributed by atoms with Crippen LogP contribution in [0.2, 0.25) is 0 Å². The summed E-state index contributed by atoms with van der Waals surface area (Å²) >= 11 is 3.67. The van der Waals surface area contributed by atoms with E-state index in [-0.39, 0.29) is 25.5 Å². The summed E-state index contributed by atoms with van der Waals surface area (Å²) in [5.41, 5.74) is 10.8. The number of aliphatic hydroxyl groups is 1. The third kappa shape index (κ3) is 7.75. The maximum absolute atomic E-state index is 14.8. The van der Waals surface area contributed by atoms with Crippen LogP contribution in [0, 0.1) is 0 Å². The molecule has 2 atom stereocenters. The highest BCUT2D eigenvalue weighted by Gasteiger charge is 2.54. The molecule has 1 heterocycles. The van der Waals surface area contributed by atoms with Crippen molar-refractivity contribution in [1.82, 2.24) is 5.32 Å². The number of carbonyl (C=O) groups excluding carboxylic acids is 1. The number of amides is 1. The van der Waals surface area contributed by atoms with Gasteiger partial charge in [-0.25, -0.2) is 4.99 Å². The smallest absolute Gasteiger partial charge is 0.252 e. The molecular weight excluding hydrogens is 694 g/mol. The monoisotopic (exact) mass is 729 g/mol. The van der Waals surface area contributed by atoms with E-state index in [1.54, 1.807) is 42.5 Å². The normalized spacial score (nSPS) is 16.5. The van der Waals surface area contributed by atoms with Crippen molar-refractivity contribution in [2.24, 2.45) is 10.1 Å². The molecular formula is C36H36BrN5O7. The lowest BCUT2D eigenvalue weighted by molar-refractivity contribution is -0.129. The second-order valence-electron chi connectivity index (χ2n) is 11.0. The number of nitrogens with zero attached hydrogens (tertiary/aromatic N) is 4. The molecule has 1 aliphatic rings. The average molecular weight is 731 g/mol. The fraction of sp³-hybridized carbons (Fsp3) is 0.278. The molecule has 0 unspecified atom stereocenters. The third-order valence-electron chi connectivity index (χ3n) is 8.00. The van der Waals surface area contributed by atoms with E-state index in [9.17, 15) is 10.3 Å². The van der Waals surface area contributed by atoms with Gasteiger partial charge in [0.15, 0.2) is 23.1 Å². The van der Waals surface area contributed by atoms with E-state index in [0.717, 1.165) is 4.47 Å². The first-order chi connectivity index (χ1) is 23.9. The minimum Gasteiger partial charge on any atom is -0.494 e. The van der Waals surface area contributed by atoms with Gasteiger partial charge in [-0.05, 0) is 59.1 Å². The van der Waals surface area contributed by atoms with Crippen molar-refractivity contribution in [3.05, 3.63) is 122 Å². The van der Waals surface area contributed by atoms with Gasteiger partial charge in [-0.1, -0.05) is 63.5 Å². The molecule has 0 bridgehead atoms. The van der Waals surface area contributed by atoms with Crippen molar-refractivity contribution in [2.45, 2.75) is 31.0 Å². The Kier molecular flexibility index (Phi) is 11.6. The molecule has 2 N–H and O–H groups in total. The summed E-state index contributed by atoms with van der Waals surface area (Å²) in [5.74, 6) is 1.79. The summed E-state index contributed by atoms with van der Waals surface area (Å²) in [5, 5.41) is 16.1. The quantitative estimate of drug-likeness (QED) is 0.0578. The first-order valence-corrected chi connectivity index (χ1v) is 16.2. The molecule has 1 aliphatic heterocycles. The number of methoxy groups -OCH3 is 3. The maximum atomic E-state index is 14.8. The average Bonchev–Trinajstić information content (AvgIpc) is 3.51. The molecule has 0 saturated carbocycles. The molecule has 0 aliphatic carbocycles. The van der Waals surface area contributed by atoms with Crippen molar-refractivity contribution in [3.63, 3.8) is 0 Å². The molecule has 0 aromatic heterocycles. The molecule has 12 nitrogen and oxygen atoms in total. The highest BCUT2D eigenvalue weighted by atomic mass is 79.9. The van der Waals surface area contributed by atoms with Gasteiger partial charge in [-0.3, -0.25) is 4.79 Å². The molecule has 5 rings (SSSR count). The van der Waals surface area contributed by atoms with Gasteiger partial charge in [0.2, 0.25) is 11.6 Å². The van der Waals surface area contributed by atoms with Gasteiger partial charge in [0.25, 0.3) is 5.91 Å². The lowest BCUT2D eigenvalue weighted by atomic mass is 9.81. The minimum absolute atomic E-state index is 0.0334. The largest absolute Gasteiger partial charge is 0.494 e. The molecule has 4 aromatic carbocycles. The number of aliphatic imine (C=N–C) groups is 1. The Morgan fingerprint density at radius 1 is 1.02 bits per heavy atom. The Hall–Kier alpha value is -5.23. The summed E-state index contributed by atoms with van der Waals surface area (Å²) in [6.07, 6.45) is -0.338. The lowest BCUT2D eigenvalue weighted by Crippen LogP contribution is -2.49. The second-order valence-corrected chi connectivity index (χ2v) is 11.9. The fourth-order valence-electron chi connectivity index (χ4n) is 5.62. The molecule has 13 heteroatoms. The Morgan fingerprint density at radius 2 is 1.71 bits per heavy atom. The van der Waals surface area contributed by atoms with Crippen LogP contribution in [0.1, 0.15) is 34.8 Å². The topological polar surface area (TPSA) is 157 Å². The van der Waals surface area contributed by atoms with Crippen molar-refractivity contribution in [2.75, 3.05) is 34.5 Å². The number of hydrogen-bond donors (Lipinski definition) is 2. The third-order valence-corrected chi connectivity index (χ3v) is 8.72. The van der Waals surface area contributed by atoms with Crippen molar-refractivity contribution < 1.29 is 33.6 Å². The van der Waals surface area contributed by atoms with Crippen LogP contribution in [0.25, 0.3) is 10.4 Å². The lowest BCUT2D eigenvalue weighted by Gasteiger charge is -2.31. The summed E-state index contributed by atoms with van der Waals surface area (Å²) in [6, 6.07) is 25.3. The van der Waals surface area contributed by atoms with Gasteiger partial charge in [-0.2, -0.15) is 0 Å². The Labute approximate surface area is 292 Å². The predicted molar refractivity (Wildman–Crippen MR) is 188 cm³/mol. The number of benzene rings is 4. The van der Waals surface area contributed by atoms with E-state index in [2.05, 4.69) is 31.3 Å². The van der Waals surface area contributed by atoms with Gasteiger partial charge in [0, 0.05) is 52.2 Å². The second kappa shape index (κ2) is 16.2. The molecule has 1 amide bonds. The van der Waals surface area contributed by atoms with Crippen LogP contribution in [0.3, 0.4) is 0 Å². The minimum atomic E-state index is -1.56. The van der Waals surface area contributed by atoms with E-state index in [1.807, 2.05) is 42.5 Å². The number of halogens is 1. The fourth-order valence-corrected chi connectivity index (χ4v) is 6.11. The van der Waals surface area contributed by atoms with Crippen LogP contribution < -0.4 is 24.3 Å². The highest BCUT2D eigenvalue weighted by Crippen LogP contribution is 2.46. The Bertz CT molecular complexity index is 1840.